The van der Waals surface area contributed by atoms with E-state index in [-0.39, 0.29) is 16.9 Å². The largest absolute Gasteiger partial charge is 0.302 e. The molecule has 1 fully saturated rings. The molecule has 0 aromatic carbocycles. The first-order chi connectivity index (χ1) is 9.06. The van der Waals surface area contributed by atoms with Gasteiger partial charge in [-0.15, -0.1) is 0 Å². The molecule has 19 heavy (non-hydrogen) atoms. The monoisotopic (exact) mass is 306 g/mol. The molecule has 0 aromatic heterocycles. The van der Waals surface area contributed by atoms with Crippen molar-refractivity contribution in [3.8, 4) is 0 Å². The fourth-order valence-corrected chi connectivity index (χ4v) is 2.74. The van der Waals surface area contributed by atoms with Crippen LogP contribution in [0.1, 0.15) is 45.4 Å². The summed E-state index contributed by atoms with van der Waals surface area (Å²) in [6.07, 6.45) is 4.37. The van der Waals surface area contributed by atoms with Crippen molar-refractivity contribution in [1.29, 1.82) is 0 Å². The lowest BCUT2D eigenvalue weighted by atomic mass is 9.77. The Morgan fingerprint density at radius 3 is 2.26 bits per heavy atom. The maximum absolute atomic E-state index is 12.0. The van der Waals surface area contributed by atoms with Crippen molar-refractivity contribution in [2.45, 2.75) is 45.4 Å². The third kappa shape index (κ3) is 4.14. The molecule has 2 N–H and O–H groups in total. The summed E-state index contributed by atoms with van der Waals surface area (Å²) in [5, 5.41) is 5.12. The third-order valence-corrected chi connectivity index (χ3v) is 4.15. The molecule has 4 nitrogen and oxygen atoms in total. The number of unbranched alkanes of at least 4 members (excludes halogenated alkanes) is 3. The number of thiocarbonyl (C=S) groups is 1. The van der Waals surface area contributed by atoms with Gasteiger partial charge in [0.15, 0.2) is 5.11 Å². The SMILES string of the molecule is CCC1(CCCCCCSF)C(=O)NC(=S)NC1=O. The summed E-state index contributed by atoms with van der Waals surface area (Å²) in [5.41, 5.74) is -1.00. The maximum Gasteiger partial charge on any atom is 0.241 e. The highest BCUT2D eigenvalue weighted by Gasteiger charge is 2.47. The normalized spacial score (nSPS) is 18.1. The van der Waals surface area contributed by atoms with Crippen LogP contribution >= 0.6 is 24.4 Å². The third-order valence-electron chi connectivity index (χ3n) is 3.50. The Morgan fingerprint density at radius 2 is 1.74 bits per heavy atom. The minimum absolute atomic E-state index is 0.0824. The van der Waals surface area contributed by atoms with Gasteiger partial charge in [0.05, 0.1) is 0 Å². The average molecular weight is 306 g/mol. The van der Waals surface area contributed by atoms with E-state index in [9.17, 15) is 13.5 Å². The molecule has 1 aliphatic rings. The Bertz CT molecular complexity index is 344. The number of amides is 2. The fraction of sp³-hybridized carbons (Fsp3) is 0.750. The molecule has 1 heterocycles. The highest BCUT2D eigenvalue weighted by Crippen LogP contribution is 2.31. The van der Waals surface area contributed by atoms with E-state index in [0.29, 0.717) is 30.7 Å². The fourth-order valence-electron chi connectivity index (χ4n) is 2.24. The van der Waals surface area contributed by atoms with E-state index in [1.807, 2.05) is 6.92 Å². The summed E-state index contributed by atoms with van der Waals surface area (Å²) in [7, 11) is 0. The maximum atomic E-state index is 12.0. The Balaban J connectivity index is 2.48. The van der Waals surface area contributed by atoms with Crippen LogP contribution in [0, 0.1) is 5.41 Å². The van der Waals surface area contributed by atoms with Crippen LogP contribution in [0.5, 0.6) is 0 Å². The lowest BCUT2D eigenvalue weighted by Gasteiger charge is -2.34. The molecule has 1 aliphatic heterocycles. The summed E-state index contributed by atoms with van der Waals surface area (Å²) < 4.78 is 11.8. The molecule has 0 bridgehead atoms. The first kappa shape index (κ1) is 16.4. The minimum atomic E-state index is -1.00. The van der Waals surface area contributed by atoms with Gasteiger partial charge in [0.2, 0.25) is 11.8 Å². The van der Waals surface area contributed by atoms with E-state index in [4.69, 9.17) is 12.2 Å². The van der Waals surface area contributed by atoms with Crippen LogP contribution in [0.2, 0.25) is 0 Å². The molecule has 0 radical (unpaired) electrons. The second kappa shape index (κ2) is 7.79. The van der Waals surface area contributed by atoms with Crippen molar-refractivity contribution in [3.05, 3.63) is 0 Å². The van der Waals surface area contributed by atoms with Crippen molar-refractivity contribution in [3.63, 3.8) is 0 Å². The van der Waals surface area contributed by atoms with Crippen molar-refractivity contribution in [2.75, 3.05) is 5.75 Å². The number of carbonyl (C=O) groups excluding carboxylic acids is 2. The zero-order valence-corrected chi connectivity index (χ0v) is 12.6. The number of nitrogens with one attached hydrogen (secondary N) is 2. The van der Waals surface area contributed by atoms with Gasteiger partial charge in [-0.05, 0) is 31.5 Å². The summed E-state index contributed by atoms with van der Waals surface area (Å²) in [6.45, 7) is 1.83. The van der Waals surface area contributed by atoms with Crippen LogP contribution < -0.4 is 10.6 Å². The van der Waals surface area contributed by atoms with Crippen molar-refractivity contribution >= 4 is 41.3 Å². The van der Waals surface area contributed by atoms with E-state index >= 15 is 0 Å². The van der Waals surface area contributed by atoms with Gasteiger partial charge >= 0.3 is 0 Å². The summed E-state index contributed by atoms with van der Waals surface area (Å²) in [4.78, 5) is 24.0. The second-order valence-corrected chi connectivity index (χ2v) is 5.69. The molecule has 2 amide bonds. The highest BCUT2D eigenvalue weighted by molar-refractivity contribution is 7.94. The highest BCUT2D eigenvalue weighted by atomic mass is 32.2. The van der Waals surface area contributed by atoms with E-state index < -0.39 is 5.41 Å². The first-order valence-corrected chi connectivity index (χ1v) is 7.76. The number of carbonyl (C=O) groups is 2. The van der Waals surface area contributed by atoms with Crippen molar-refractivity contribution in [2.24, 2.45) is 5.41 Å². The molecule has 0 aromatic rings. The molecule has 7 heteroatoms. The van der Waals surface area contributed by atoms with Gasteiger partial charge in [-0.3, -0.25) is 9.59 Å². The number of hydrogen-bond acceptors (Lipinski definition) is 4. The van der Waals surface area contributed by atoms with Gasteiger partial charge in [0, 0.05) is 17.9 Å². The molecular weight excluding hydrogens is 287 g/mol. The smallest absolute Gasteiger partial charge is 0.241 e. The van der Waals surface area contributed by atoms with Gasteiger partial charge in [-0.2, -0.15) is 3.89 Å². The zero-order chi connectivity index (χ0) is 14.3. The Kier molecular flexibility index (Phi) is 6.71. The van der Waals surface area contributed by atoms with Crippen LogP contribution in [-0.2, 0) is 9.59 Å². The lowest BCUT2D eigenvalue weighted by Crippen LogP contribution is -2.62. The Morgan fingerprint density at radius 1 is 1.16 bits per heavy atom. The van der Waals surface area contributed by atoms with Crippen molar-refractivity contribution < 1.29 is 13.5 Å². The van der Waals surface area contributed by atoms with Crippen LogP contribution in [0.3, 0.4) is 0 Å². The molecule has 0 aliphatic carbocycles. The molecule has 108 valence electrons. The van der Waals surface area contributed by atoms with Crippen LogP contribution in [-0.4, -0.2) is 22.7 Å². The average Bonchev–Trinajstić information content (AvgIpc) is 2.36. The number of hydrogen-bond donors (Lipinski definition) is 2. The van der Waals surface area contributed by atoms with E-state index in [1.54, 1.807) is 0 Å². The predicted octanol–water partition coefficient (Wildman–Crippen LogP) is 2.48. The summed E-state index contributed by atoms with van der Waals surface area (Å²) in [5.74, 6) is -0.0973. The molecule has 0 atom stereocenters. The van der Waals surface area contributed by atoms with E-state index in [1.165, 1.54) is 0 Å². The van der Waals surface area contributed by atoms with E-state index in [2.05, 4.69) is 10.6 Å². The lowest BCUT2D eigenvalue weighted by molar-refractivity contribution is -0.144. The number of halogens is 1. The standard InChI is InChI=1S/C12H19FN2O2S2/c1-2-12(7-5-3-4-6-8-19-13)9(16)14-11(18)15-10(12)17/h2-8H2,1H3,(H2,14,15,16,17,18). The summed E-state index contributed by atoms with van der Waals surface area (Å²) >= 11 is 5.14. The van der Waals surface area contributed by atoms with Crippen LogP contribution in [0.15, 0.2) is 0 Å². The minimum Gasteiger partial charge on any atom is -0.302 e. The summed E-state index contributed by atoms with van der Waals surface area (Å²) in [6, 6.07) is 0. The molecule has 1 rings (SSSR count). The van der Waals surface area contributed by atoms with Gasteiger partial charge in [0.25, 0.3) is 0 Å². The van der Waals surface area contributed by atoms with Crippen molar-refractivity contribution in [1.82, 2.24) is 10.6 Å². The van der Waals surface area contributed by atoms with Crippen LogP contribution in [0.4, 0.5) is 3.89 Å². The molecule has 0 unspecified atom stereocenters. The Labute approximate surface area is 122 Å². The quantitative estimate of drug-likeness (QED) is 0.411. The topological polar surface area (TPSA) is 58.2 Å². The molecular formula is C12H19FN2O2S2. The van der Waals surface area contributed by atoms with Gasteiger partial charge < -0.3 is 10.6 Å². The predicted molar refractivity (Wildman–Crippen MR) is 78.3 cm³/mol. The molecule has 1 saturated heterocycles. The molecule has 0 saturated carbocycles. The number of rotatable bonds is 8. The van der Waals surface area contributed by atoms with Crippen LogP contribution in [0.25, 0.3) is 0 Å². The van der Waals surface area contributed by atoms with Gasteiger partial charge in [-0.1, -0.05) is 26.2 Å². The van der Waals surface area contributed by atoms with Gasteiger partial charge in [-0.25, -0.2) is 0 Å². The zero-order valence-electron chi connectivity index (χ0n) is 11.0. The molecule has 0 spiro atoms. The first-order valence-electron chi connectivity index (χ1n) is 6.47. The van der Waals surface area contributed by atoms with E-state index in [0.717, 1.165) is 25.7 Å². The second-order valence-electron chi connectivity index (χ2n) is 4.65. The Hall–Kier alpha value is -0.690. The van der Waals surface area contributed by atoms with Gasteiger partial charge in [0.1, 0.15) is 5.41 Å².